The Bertz CT molecular complexity index is 411. The summed E-state index contributed by atoms with van der Waals surface area (Å²) < 4.78 is 0. The van der Waals surface area contributed by atoms with Crippen molar-refractivity contribution in [3.05, 3.63) is 35.9 Å². The molecule has 0 heterocycles. The van der Waals surface area contributed by atoms with Crippen molar-refractivity contribution in [1.29, 1.82) is 0 Å². The Morgan fingerprint density at radius 2 is 1.62 bits per heavy atom. The predicted molar refractivity (Wildman–Crippen MR) is 87.4 cm³/mol. The van der Waals surface area contributed by atoms with Crippen LogP contribution in [0.3, 0.4) is 0 Å². The first-order chi connectivity index (χ1) is 10.3. The van der Waals surface area contributed by atoms with Crippen LogP contribution in [0.1, 0.15) is 62.8 Å². The maximum Gasteiger partial charge on any atom is 0.0580 e. The summed E-state index contributed by atoms with van der Waals surface area (Å²) in [6, 6.07) is 11.6. The molecule has 2 N–H and O–H groups in total. The molecule has 2 nitrogen and oxygen atoms in total. The third kappa shape index (κ3) is 4.08. The van der Waals surface area contributed by atoms with Crippen molar-refractivity contribution >= 4 is 0 Å². The van der Waals surface area contributed by atoms with E-state index in [0.717, 1.165) is 18.9 Å². The van der Waals surface area contributed by atoms with Gasteiger partial charge in [-0.1, -0.05) is 43.2 Å². The highest BCUT2D eigenvalue weighted by Crippen LogP contribution is 2.33. The molecule has 0 spiro atoms. The molecule has 2 aliphatic rings. The van der Waals surface area contributed by atoms with Crippen LogP contribution in [0.25, 0.3) is 0 Å². The molecule has 1 aromatic carbocycles. The molecule has 2 heteroatoms. The molecule has 2 saturated carbocycles. The van der Waals surface area contributed by atoms with Gasteiger partial charge in [0.2, 0.25) is 0 Å². The number of nitrogens with one attached hydrogen (secondary N) is 1. The molecule has 1 aromatic rings. The van der Waals surface area contributed by atoms with E-state index in [1.54, 1.807) is 0 Å². The van der Waals surface area contributed by atoms with E-state index in [0.29, 0.717) is 12.0 Å². The van der Waals surface area contributed by atoms with E-state index in [1.165, 1.54) is 50.5 Å². The van der Waals surface area contributed by atoms with Gasteiger partial charge in [0.25, 0.3) is 0 Å². The van der Waals surface area contributed by atoms with Gasteiger partial charge in [0.15, 0.2) is 0 Å². The second-order valence-corrected chi connectivity index (χ2v) is 6.98. The van der Waals surface area contributed by atoms with Crippen LogP contribution in [0.15, 0.2) is 30.3 Å². The third-order valence-corrected chi connectivity index (χ3v) is 5.54. The molecule has 0 amide bonds. The van der Waals surface area contributed by atoms with Crippen molar-refractivity contribution < 1.29 is 5.11 Å². The first kappa shape index (κ1) is 15.1. The quantitative estimate of drug-likeness (QED) is 0.881. The molecule has 21 heavy (non-hydrogen) atoms. The van der Waals surface area contributed by atoms with Gasteiger partial charge in [-0.2, -0.15) is 0 Å². The second kappa shape index (κ2) is 7.42. The zero-order chi connectivity index (χ0) is 14.5. The summed E-state index contributed by atoms with van der Waals surface area (Å²) in [5.41, 5.74) is 1.51. The highest BCUT2D eigenvalue weighted by molar-refractivity contribution is 5.20. The van der Waals surface area contributed by atoms with Crippen molar-refractivity contribution in [3.63, 3.8) is 0 Å². The Morgan fingerprint density at radius 1 is 0.905 bits per heavy atom. The predicted octanol–water partition coefficient (Wildman–Crippen LogP) is 3.85. The summed E-state index contributed by atoms with van der Waals surface area (Å²) in [5, 5.41) is 13.8. The summed E-state index contributed by atoms with van der Waals surface area (Å²) in [6.07, 6.45) is 9.81. The average molecular weight is 287 g/mol. The van der Waals surface area contributed by atoms with Crippen molar-refractivity contribution in [2.24, 2.45) is 5.92 Å². The normalized spacial score (nSPS) is 33.8. The number of aliphatic hydroxyl groups excluding tert-OH is 1. The van der Waals surface area contributed by atoms with E-state index in [4.69, 9.17) is 0 Å². The first-order valence-electron chi connectivity index (χ1n) is 8.79. The Hall–Kier alpha value is -0.860. The second-order valence-electron chi connectivity index (χ2n) is 6.98. The van der Waals surface area contributed by atoms with E-state index in [9.17, 15) is 5.11 Å². The lowest BCUT2D eigenvalue weighted by molar-refractivity contribution is 0.0671. The topological polar surface area (TPSA) is 32.3 Å². The fraction of sp³-hybridized carbons (Fsp3) is 0.684. The Labute approximate surface area is 129 Å². The van der Waals surface area contributed by atoms with Gasteiger partial charge in [0.05, 0.1) is 6.10 Å². The molecular formula is C19H29NO. The Kier molecular flexibility index (Phi) is 5.32. The lowest BCUT2D eigenvalue weighted by Crippen LogP contribution is -2.40. The summed E-state index contributed by atoms with van der Waals surface area (Å²) in [5.74, 6) is 1.25. The van der Waals surface area contributed by atoms with Gasteiger partial charge in [0.1, 0.15) is 0 Å². The van der Waals surface area contributed by atoms with E-state index in [1.807, 2.05) is 0 Å². The number of rotatable bonds is 4. The number of hydrogen-bond donors (Lipinski definition) is 2. The maximum atomic E-state index is 10.0. The van der Waals surface area contributed by atoms with Crippen LogP contribution in [0.5, 0.6) is 0 Å². The largest absolute Gasteiger partial charge is 0.393 e. The van der Waals surface area contributed by atoms with E-state index < -0.39 is 0 Å². The minimum atomic E-state index is -0.0630. The molecule has 0 saturated heterocycles. The van der Waals surface area contributed by atoms with E-state index >= 15 is 0 Å². The van der Waals surface area contributed by atoms with Crippen LogP contribution in [-0.2, 0) is 0 Å². The zero-order valence-electron chi connectivity index (χ0n) is 13.0. The monoisotopic (exact) mass is 287 g/mol. The highest BCUT2D eigenvalue weighted by Gasteiger charge is 2.26. The van der Waals surface area contributed by atoms with Crippen LogP contribution >= 0.6 is 0 Å². The first-order valence-corrected chi connectivity index (χ1v) is 8.79. The molecule has 116 valence electrons. The van der Waals surface area contributed by atoms with Crippen LogP contribution in [0.2, 0.25) is 0 Å². The smallest absolute Gasteiger partial charge is 0.0580 e. The molecule has 2 aliphatic carbocycles. The molecular weight excluding hydrogens is 258 g/mol. The average Bonchev–Trinajstić information content (AvgIpc) is 2.55. The van der Waals surface area contributed by atoms with Crippen molar-refractivity contribution in [2.45, 2.75) is 69.4 Å². The third-order valence-electron chi connectivity index (χ3n) is 5.54. The summed E-state index contributed by atoms with van der Waals surface area (Å²) in [6.45, 7) is 1.02. The maximum absolute atomic E-state index is 10.0. The van der Waals surface area contributed by atoms with Gasteiger partial charge in [-0.25, -0.2) is 0 Å². The fourth-order valence-electron chi connectivity index (χ4n) is 4.10. The van der Waals surface area contributed by atoms with Crippen LogP contribution in [-0.4, -0.2) is 23.8 Å². The van der Waals surface area contributed by atoms with Crippen molar-refractivity contribution in [1.82, 2.24) is 5.32 Å². The van der Waals surface area contributed by atoms with Crippen LogP contribution < -0.4 is 5.32 Å². The van der Waals surface area contributed by atoms with Gasteiger partial charge in [-0.05, 0) is 55.9 Å². The van der Waals surface area contributed by atoms with E-state index in [-0.39, 0.29) is 6.10 Å². The Morgan fingerprint density at radius 3 is 2.33 bits per heavy atom. The molecule has 2 atom stereocenters. The van der Waals surface area contributed by atoms with Gasteiger partial charge < -0.3 is 10.4 Å². The molecule has 0 radical (unpaired) electrons. The fourth-order valence-corrected chi connectivity index (χ4v) is 4.10. The number of aliphatic hydroxyl groups is 1. The molecule has 0 bridgehead atoms. The molecule has 0 aromatic heterocycles. The van der Waals surface area contributed by atoms with Gasteiger partial charge in [-0.15, -0.1) is 0 Å². The van der Waals surface area contributed by atoms with Crippen molar-refractivity contribution in [3.8, 4) is 0 Å². The minimum Gasteiger partial charge on any atom is -0.393 e. The number of hydrogen-bond acceptors (Lipinski definition) is 2. The van der Waals surface area contributed by atoms with Gasteiger partial charge in [0, 0.05) is 12.6 Å². The SMILES string of the molecule is OC1CCCCC1CNC1CCC(c2ccccc2)CC1. The van der Waals surface area contributed by atoms with Crippen molar-refractivity contribution in [2.75, 3.05) is 6.54 Å². The summed E-state index contributed by atoms with van der Waals surface area (Å²) in [4.78, 5) is 0. The summed E-state index contributed by atoms with van der Waals surface area (Å²) >= 11 is 0. The van der Waals surface area contributed by atoms with Crippen LogP contribution in [0, 0.1) is 5.92 Å². The summed E-state index contributed by atoms with van der Waals surface area (Å²) in [7, 11) is 0. The van der Waals surface area contributed by atoms with E-state index in [2.05, 4.69) is 35.6 Å². The minimum absolute atomic E-state index is 0.0630. The lowest BCUT2D eigenvalue weighted by Gasteiger charge is -2.33. The molecule has 3 rings (SSSR count). The van der Waals surface area contributed by atoms with Gasteiger partial charge in [-0.3, -0.25) is 0 Å². The molecule has 2 fully saturated rings. The standard InChI is InChI=1S/C19H29NO/c21-19-9-5-4-8-17(19)14-20-18-12-10-16(11-13-18)15-6-2-1-3-7-15/h1-3,6-7,16-21H,4-5,8-14H2. The molecule has 0 aliphatic heterocycles. The number of benzene rings is 1. The Balaban J connectivity index is 1.41. The zero-order valence-corrected chi connectivity index (χ0v) is 13.0. The molecule has 2 unspecified atom stereocenters. The lowest BCUT2D eigenvalue weighted by atomic mass is 9.81. The highest BCUT2D eigenvalue weighted by atomic mass is 16.3. The van der Waals surface area contributed by atoms with Crippen LogP contribution in [0.4, 0.5) is 0 Å². The van der Waals surface area contributed by atoms with Gasteiger partial charge >= 0.3 is 0 Å².